The summed E-state index contributed by atoms with van der Waals surface area (Å²) in [6, 6.07) is 4.67. The second-order valence-electron chi connectivity index (χ2n) is 7.15. The Morgan fingerprint density at radius 2 is 2.04 bits per heavy atom. The van der Waals surface area contributed by atoms with Gasteiger partial charge in [-0.05, 0) is 38.0 Å². The van der Waals surface area contributed by atoms with E-state index in [1.807, 2.05) is 16.6 Å². The summed E-state index contributed by atoms with van der Waals surface area (Å²) in [6.45, 7) is 0. The molecule has 2 atom stereocenters. The van der Waals surface area contributed by atoms with E-state index in [-0.39, 0.29) is 0 Å². The fourth-order valence-corrected chi connectivity index (χ4v) is 3.86. The highest BCUT2D eigenvalue weighted by Crippen LogP contribution is 2.24. The molecule has 2 saturated carbocycles. The van der Waals surface area contributed by atoms with Gasteiger partial charge < -0.3 is 11.1 Å². The van der Waals surface area contributed by atoms with Gasteiger partial charge in [-0.3, -0.25) is 0 Å². The highest BCUT2D eigenvalue weighted by molar-refractivity contribution is 5.52. The summed E-state index contributed by atoms with van der Waals surface area (Å²) in [4.78, 5) is 4.63. The van der Waals surface area contributed by atoms with Gasteiger partial charge in [0.15, 0.2) is 5.65 Å². The number of nitrogens with two attached hydrogens (primary N) is 1. The predicted octanol–water partition coefficient (Wildman–Crippen LogP) is 2.95. The van der Waals surface area contributed by atoms with Gasteiger partial charge in [-0.15, -0.1) is 0 Å². The average Bonchev–Trinajstić information content (AvgIpc) is 3.23. The number of fused-ring (bicyclic) bond motifs is 1. The van der Waals surface area contributed by atoms with E-state index in [1.54, 1.807) is 6.20 Å². The monoisotopic (exact) mass is 323 g/mol. The van der Waals surface area contributed by atoms with E-state index < -0.39 is 0 Å². The summed E-state index contributed by atoms with van der Waals surface area (Å²) >= 11 is 0. The van der Waals surface area contributed by atoms with Crippen LogP contribution in [0.5, 0.6) is 0 Å². The quantitative estimate of drug-likeness (QED) is 0.834. The fourth-order valence-electron chi connectivity index (χ4n) is 3.86. The Labute approximate surface area is 143 Å². The molecule has 5 heteroatoms. The summed E-state index contributed by atoms with van der Waals surface area (Å²) < 4.78 is 1.86. The molecule has 24 heavy (non-hydrogen) atoms. The van der Waals surface area contributed by atoms with Crippen LogP contribution in [0.4, 0.5) is 5.82 Å². The summed E-state index contributed by atoms with van der Waals surface area (Å²) in [7, 11) is 0. The molecule has 2 aliphatic carbocycles. The molecule has 0 aromatic carbocycles. The van der Waals surface area contributed by atoms with Crippen molar-refractivity contribution in [3.63, 3.8) is 0 Å². The van der Waals surface area contributed by atoms with E-state index in [1.165, 1.54) is 32.1 Å². The Morgan fingerprint density at radius 1 is 1.17 bits per heavy atom. The molecule has 0 aliphatic heterocycles. The van der Waals surface area contributed by atoms with E-state index in [9.17, 15) is 0 Å². The van der Waals surface area contributed by atoms with Crippen LogP contribution in [0.15, 0.2) is 18.3 Å². The third-order valence-corrected chi connectivity index (χ3v) is 5.19. The number of nitrogens with one attached hydrogen (secondary N) is 1. The molecule has 3 N–H and O–H groups in total. The van der Waals surface area contributed by atoms with Gasteiger partial charge in [-0.1, -0.05) is 25.2 Å². The van der Waals surface area contributed by atoms with Crippen molar-refractivity contribution < 1.29 is 0 Å². The molecule has 4 rings (SSSR count). The van der Waals surface area contributed by atoms with Crippen LogP contribution in [0.25, 0.3) is 5.65 Å². The van der Waals surface area contributed by atoms with Crippen LogP contribution >= 0.6 is 0 Å². The first-order chi connectivity index (χ1) is 11.8. The zero-order chi connectivity index (χ0) is 16.4. The Bertz CT molecular complexity index is 763. The van der Waals surface area contributed by atoms with E-state index >= 15 is 0 Å². The van der Waals surface area contributed by atoms with Crippen LogP contribution < -0.4 is 11.1 Å². The van der Waals surface area contributed by atoms with Gasteiger partial charge in [0.1, 0.15) is 11.5 Å². The number of hydrogen-bond acceptors (Lipinski definition) is 4. The fraction of sp³-hybridized carbons (Fsp3) is 0.579. The first-order valence-electron chi connectivity index (χ1n) is 9.16. The van der Waals surface area contributed by atoms with E-state index in [0.29, 0.717) is 18.0 Å². The summed E-state index contributed by atoms with van der Waals surface area (Å²) in [5.41, 5.74) is 7.71. The highest BCUT2D eigenvalue weighted by atomic mass is 15.3. The SMILES string of the molecule is N[C@H]1CC[C@H](Nc2cc(C#CC3CCCCC3)nc3ccnn23)C1. The van der Waals surface area contributed by atoms with Crippen molar-refractivity contribution >= 4 is 11.5 Å². The molecule has 126 valence electrons. The van der Waals surface area contributed by atoms with Crippen LogP contribution in [0.2, 0.25) is 0 Å². The molecule has 0 amide bonds. The standard InChI is InChI=1S/C19H25N5/c20-15-7-9-16(12-15)23-19-13-17(22-18-10-11-21-24(18)19)8-6-14-4-2-1-3-5-14/h10-11,13-16,23H,1-5,7,9,12,20H2/t15-,16-/m0/s1. The molecule has 2 fully saturated rings. The number of aromatic nitrogens is 3. The lowest BCUT2D eigenvalue weighted by molar-refractivity contribution is 0.430. The zero-order valence-electron chi connectivity index (χ0n) is 14.0. The second kappa shape index (κ2) is 6.82. The summed E-state index contributed by atoms with van der Waals surface area (Å²) in [5.74, 6) is 8.24. The van der Waals surface area contributed by atoms with Crippen molar-refractivity contribution in [2.24, 2.45) is 11.7 Å². The van der Waals surface area contributed by atoms with Gasteiger partial charge in [0.2, 0.25) is 0 Å². The Hall–Kier alpha value is -2.06. The van der Waals surface area contributed by atoms with Crippen LogP contribution in [-0.2, 0) is 0 Å². The number of rotatable bonds is 2. The van der Waals surface area contributed by atoms with Gasteiger partial charge >= 0.3 is 0 Å². The average molecular weight is 323 g/mol. The molecule has 5 nitrogen and oxygen atoms in total. The molecular weight excluding hydrogens is 298 g/mol. The van der Waals surface area contributed by atoms with Crippen molar-refractivity contribution in [3.8, 4) is 11.8 Å². The van der Waals surface area contributed by atoms with Crippen molar-refractivity contribution in [1.82, 2.24) is 14.6 Å². The molecule has 0 spiro atoms. The smallest absolute Gasteiger partial charge is 0.158 e. The summed E-state index contributed by atoms with van der Waals surface area (Å²) in [5, 5.41) is 7.97. The van der Waals surface area contributed by atoms with Crippen LogP contribution in [0.3, 0.4) is 0 Å². The molecule has 2 aliphatic rings. The molecule has 0 saturated heterocycles. The van der Waals surface area contributed by atoms with Gasteiger partial charge in [0.25, 0.3) is 0 Å². The first-order valence-corrected chi connectivity index (χ1v) is 9.16. The maximum Gasteiger partial charge on any atom is 0.158 e. The van der Waals surface area contributed by atoms with Crippen molar-refractivity contribution in [2.45, 2.75) is 63.5 Å². The Morgan fingerprint density at radius 3 is 2.83 bits per heavy atom. The third-order valence-electron chi connectivity index (χ3n) is 5.19. The topological polar surface area (TPSA) is 68.2 Å². The van der Waals surface area contributed by atoms with Gasteiger partial charge in [-0.25, -0.2) is 4.98 Å². The van der Waals surface area contributed by atoms with E-state index in [0.717, 1.165) is 36.4 Å². The van der Waals surface area contributed by atoms with Gasteiger partial charge in [0, 0.05) is 30.1 Å². The van der Waals surface area contributed by atoms with Crippen molar-refractivity contribution in [1.29, 1.82) is 0 Å². The molecule has 0 unspecified atom stereocenters. The van der Waals surface area contributed by atoms with Gasteiger partial charge in [-0.2, -0.15) is 9.61 Å². The van der Waals surface area contributed by atoms with Gasteiger partial charge in [0.05, 0.1) is 6.20 Å². The highest BCUT2D eigenvalue weighted by Gasteiger charge is 2.22. The lowest BCUT2D eigenvalue weighted by Crippen LogP contribution is -2.22. The van der Waals surface area contributed by atoms with Crippen LogP contribution in [0.1, 0.15) is 57.1 Å². The summed E-state index contributed by atoms with van der Waals surface area (Å²) in [6.07, 6.45) is 11.4. The van der Waals surface area contributed by atoms with E-state index in [4.69, 9.17) is 5.73 Å². The van der Waals surface area contributed by atoms with E-state index in [2.05, 4.69) is 27.2 Å². The lowest BCUT2D eigenvalue weighted by Gasteiger charge is -2.16. The molecule has 2 heterocycles. The van der Waals surface area contributed by atoms with Crippen LogP contribution in [-0.4, -0.2) is 26.7 Å². The molecular formula is C19H25N5. The van der Waals surface area contributed by atoms with Crippen molar-refractivity contribution in [3.05, 3.63) is 24.0 Å². The maximum absolute atomic E-state index is 6.03. The lowest BCUT2D eigenvalue weighted by atomic mass is 9.90. The zero-order valence-corrected chi connectivity index (χ0v) is 14.0. The first kappa shape index (κ1) is 15.5. The minimum atomic E-state index is 0.308. The Balaban J connectivity index is 1.58. The number of hydrogen-bond donors (Lipinski definition) is 2. The minimum Gasteiger partial charge on any atom is -0.367 e. The minimum absolute atomic E-state index is 0.308. The van der Waals surface area contributed by atoms with Crippen LogP contribution in [0, 0.1) is 17.8 Å². The number of anilines is 1. The molecule has 0 radical (unpaired) electrons. The largest absolute Gasteiger partial charge is 0.367 e. The molecule has 2 aromatic rings. The van der Waals surface area contributed by atoms with Crippen molar-refractivity contribution in [2.75, 3.05) is 5.32 Å². The normalized spacial score (nSPS) is 24.7. The predicted molar refractivity (Wildman–Crippen MR) is 95.7 cm³/mol. The third kappa shape index (κ3) is 3.39. The number of nitrogens with zero attached hydrogens (tertiary/aromatic N) is 3. The molecule has 0 bridgehead atoms. The Kier molecular flexibility index (Phi) is 4.40. The molecule has 2 aromatic heterocycles. The second-order valence-corrected chi connectivity index (χ2v) is 7.15. The maximum atomic E-state index is 6.03.